The molecule has 1 aliphatic heterocycles. The molecule has 1 aliphatic rings. The predicted octanol–water partition coefficient (Wildman–Crippen LogP) is 2.25. The van der Waals surface area contributed by atoms with Gasteiger partial charge in [-0.2, -0.15) is 16.9 Å². The van der Waals surface area contributed by atoms with E-state index in [1.165, 1.54) is 0 Å². The van der Waals surface area contributed by atoms with Crippen molar-refractivity contribution in [3.63, 3.8) is 0 Å². The van der Waals surface area contributed by atoms with E-state index in [0.29, 0.717) is 0 Å². The van der Waals surface area contributed by atoms with E-state index in [2.05, 4.69) is 25.9 Å². The van der Waals surface area contributed by atoms with Gasteiger partial charge in [0.05, 0.1) is 5.69 Å². The largest absolute Gasteiger partial charge is 0.382 e. The van der Waals surface area contributed by atoms with Crippen molar-refractivity contribution in [2.75, 3.05) is 11.5 Å². The third-order valence-electron chi connectivity index (χ3n) is 3.74. The van der Waals surface area contributed by atoms with E-state index in [0.717, 1.165) is 30.2 Å². The molecule has 0 bridgehead atoms. The van der Waals surface area contributed by atoms with Gasteiger partial charge in [-0.3, -0.25) is 4.68 Å². The maximum absolute atomic E-state index is 11.0. The highest BCUT2D eigenvalue weighted by atomic mass is 32.2. The van der Waals surface area contributed by atoms with Crippen LogP contribution in [0.2, 0.25) is 0 Å². The monoisotopic (exact) mass is 240 g/mol. The third-order valence-corrected chi connectivity index (χ3v) is 4.86. The molecule has 16 heavy (non-hydrogen) atoms. The Morgan fingerprint density at radius 2 is 2.31 bits per heavy atom. The Balaban J connectivity index is 2.43. The zero-order valence-electron chi connectivity index (χ0n) is 10.2. The van der Waals surface area contributed by atoms with Crippen LogP contribution < -0.4 is 0 Å². The Kier molecular flexibility index (Phi) is 3.05. The van der Waals surface area contributed by atoms with E-state index in [1.54, 1.807) is 6.20 Å². The molecular weight excluding hydrogens is 220 g/mol. The Morgan fingerprint density at radius 1 is 1.56 bits per heavy atom. The summed E-state index contributed by atoms with van der Waals surface area (Å²) in [5.74, 6) is 1.90. The molecular formula is C12H20N2OS. The topological polar surface area (TPSA) is 38.0 Å². The molecule has 0 aromatic carbocycles. The maximum atomic E-state index is 11.0. The van der Waals surface area contributed by atoms with Gasteiger partial charge in [-0.05, 0) is 25.2 Å². The van der Waals surface area contributed by atoms with Gasteiger partial charge in [-0.1, -0.05) is 13.8 Å². The van der Waals surface area contributed by atoms with Gasteiger partial charge in [-0.25, -0.2) is 0 Å². The summed E-state index contributed by atoms with van der Waals surface area (Å²) in [5.41, 5.74) is 0.139. The number of nitrogens with zero attached hydrogens (tertiary/aromatic N) is 2. The summed E-state index contributed by atoms with van der Waals surface area (Å²) in [4.78, 5) is 0. The van der Waals surface area contributed by atoms with Crippen molar-refractivity contribution in [2.24, 2.45) is 5.41 Å². The van der Waals surface area contributed by atoms with Crippen LogP contribution >= 0.6 is 11.8 Å². The van der Waals surface area contributed by atoms with Crippen LogP contribution in [0.4, 0.5) is 0 Å². The van der Waals surface area contributed by atoms with Crippen LogP contribution in [0.25, 0.3) is 0 Å². The molecule has 2 rings (SSSR count). The minimum Gasteiger partial charge on any atom is -0.382 e. The van der Waals surface area contributed by atoms with Gasteiger partial charge >= 0.3 is 0 Å². The highest BCUT2D eigenvalue weighted by Gasteiger charge is 2.48. The third kappa shape index (κ3) is 1.68. The SMILES string of the molecule is CCn1nccc1C1(O)CSCCC1(C)C. The molecule has 1 aromatic heterocycles. The fourth-order valence-corrected chi connectivity index (χ4v) is 3.94. The van der Waals surface area contributed by atoms with Gasteiger partial charge in [0.25, 0.3) is 0 Å². The predicted molar refractivity (Wildman–Crippen MR) is 67.5 cm³/mol. The first kappa shape index (κ1) is 12.0. The number of aryl methyl sites for hydroxylation is 1. The lowest BCUT2D eigenvalue weighted by Crippen LogP contribution is -2.48. The van der Waals surface area contributed by atoms with Gasteiger partial charge in [-0.15, -0.1) is 0 Å². The fraction of sp³-hybridized carbons (Fsp3) is 0.750. The second-order valence-electron chi connectivity index (χ2n) is 5.08. The van der Waals surface area contributed by atoms with Crippen LogP contribution in [0.5, 0.6) is 0 Å². The summed E-state index contributed by atoms with van der Waals surface area (Å²) in [6.45, 7) is 7.17. The lowest BCUT2D eigenvalue weighted by atomic mass is 9.71. The molecule has 0 aliphatic carbocycles. The lowest BCUT2D eigenvalue weighted by molar-refractivity contribution is -0.0645. The second-order valence-corrected chi connectivity index (χ2v) is 6.18. The molecule has 1 N–H and O–H groups in total. The highest BCUT2D eigenvalue weighted by molar-refractivity contribution is 7.99. The quantitative estimate of drug-likeness (QED) is 0.861. The molecule has 90 valence electrons. The Hall–Kier alpha value is -0.480. The first-order chi connectivity index (χ1) is 7.51. The van der Waals surface area contributed by atoms with Gasteiger partial charge in [0.15, 0.2) is 0 Å². The number of aromatic nitrogens is 2. The smallest absolute Gasteiger partial charge is 0.120 e. The number of rotatable bonds is 2. The molecule has 1 unspecified atom stereocenters. The number of aliphatic hydroxyl groups is 1. The van der Waals surface area contributed by atoms with E-state index >= 15 is 0 Å². The van der Waals surface area contributed by atoms with E-state index in [-0.39, 0.29) is 5.41 Å². The Morgan fingerprint density at radius 3 is 2.94 bits per heavy atom. The molecule has 0 radical (unpaired) electrons. The second kappa shape index (κ2) is 4.08. The molecule has 1 atom stereocenters. The number of thioether (sulfide) groups is 1. The molecule has 1 aromatic rings. The molecule has 0 spiro atoms. The Bertz CT molecular complexity index is 375. The van der Waals surface area contributed by atoms with Crippen molar-refractivity contribution in [1.29, 1.82) is 0 Å². The van der Waals surface area contributed by atoms with Crippen molar-refractivity contribution in [3.05, 3.63) is 18.0 Å². The van der Waals surface area contributed by atoms with Crippen molar-refractivity contribution in [3.8, 4) is 0 Å². The minimum absolute atomic E-state index is 0.0782. The van der Waals surface area contributed by atoms with Crippen molar-refractivity contribution < 1.29 is 5.11 Å². The summed E-state index contributed by atoms with van der Waals surface area (Å²) < 4.78 is 1.91. The van der Waals surface area contributed by atoms with Gasteiger partial charge in [0.1, 0.15) is 5.60 Å². The molecule has 3 nitrogen and oxygen atoms in total. The van der Waals surface area contributed by atoms with E-state index in [9.17, 15) is 5.11 Å². The summed E-state index contributed by atoms with van der Waals surface area (Å²) in [5, 5.41) is 15.3. The summed E-state index contributed by atoms with van der Waals surface area (Å²) in [7, 11) is 0. The maximum Gasteiger partial charge on any atom is 0.120 e. The molecule has 0 saturated carbocycles. The molecule has 2 heterocycles. The minimum atomic E-state index is -0.748. The highest BCUT2D eigenvalue weighted by Crippen LogP contribution is 2.48. The van der Waals surface area contributed by atoms with Crippen LogP contribution in [-0.4, -0.2) is 26.4 Å². The van der Waals surface area contributed by atoms with Crippen molar-refractivity contribution in [1.82, 2.24) is 9.78 Å². The van der Waals surface area contributed by atoms with E-state index < -0.39 is 5.60 Å². The average Bonchev–Trinajstić information content (AvgIpc) is 2.70. The van der Waals surface area contributed by atoms with E-state index in [1.807, 2.05) is 22.5 Å². The first-order valence-electron chi connectivity index (χ1n) is 5.84. The van der Waals surface area contributed by atoms with Crippen LogP contribution in [-0.2, 0) is 12.1 Å². The number of hydrogen-bond acceptors (Lipinski definition) is 3. The zero-order valence-corrected chi connectivity index (χ0v) is 11.0. The van der Waals surface area contributed by atoms with Crippen molar-refractivity contribution in [2.45, 2.75) is 39.3 Å². The van der Waals surface area contributed by atoms with Crippen LogP contribution in [0.3, 0.4) is 0 Å². The molecule has 4 heteroatoms. The fourth-order valence-electron chi connectivity index (χ4n) is 2.31. The first-order valence-corrected chi connectivity index (χ1v) is 6.99. The standard InChI is InChI=1S/C12H20N2OS/c1-4-14-10(5-7-13-14)12(15)9-16-8-6-11(12,2)3/h5,7,15H,4,6,8-9H2,1-3H3. The lowest BCUT2D eigenvalue weighted by Gasteiger charge is -2.46. The van der Waals surface area contributed by atoms with Gasteiger partial charge in [0, 0.05) is 23.9 Å². The van der Waals surface area contributed by atoms with E-state index in [4.69, 9.17) is 0 Å². The van der Waals surface area contributed by atoms with Crippen LogP contribution in [0, 0.1) is 5.41 Å². The summed E-state index contributed by atoms with van der Waals surface area (Å²) >= 11 is 1.83. The van der Waals surface area contributed by atoms with Crippen molar-refractivity contribution >= 4 is 11.8 Å². The van der Waals surface area contributed by atoms with Gasteiger partial charge in [0.2, 0.25) is 0 Å². The van der Waals surface area contributed by atoms with Crippen LogP contribution in [0.15, 0.2) is 12.3 Å². The average molecular weight is 240 g/mol. The van der Waals surface area contributed by atoms with Gasteiger partial charge < -0.3 is 5.11 Å². The van der Waals surface area contributed by atoms with Crippen LogP contribution in [0.1, 0.15) is 32.9 Å². The summed E-state index contributed by atoms with van der Waals surface area (Å²) in [6, 6.07) is 1.96. The Labute approximate surface area is 101 Å². The zero-order chi connectivity index (χ0) is 11.8. The normalized spacial score (nSPS) is 29.2. The number of hydrogen-bond donors (Lipinski definition) is 1. The molecule has 1 fully saturated rings. The molecule has 1 saturated heterocycles. The molecule has 0 amide bonds. The summed E-state index contributed by atoms with van der Waals surface area (Å²) in [6.07, 6.45) is 2.83.